The molecule has 4 aliphatic rings. The van der Waals surface area contributed by atoms with Crippen LogP contribution in [0.1, 0.15) is 72.7 Å². The fourth-order valence-corrected chi connectivity index (χ4v) is 8.19. The van der Waals surface area contributed by atoms with Gasteiger partial charge in [0.1, 0.15) is 0 Å². The number of nitrogens with one attached hydrogen (secondary N) is 2. The second-order valence-electron chi connectivity index (χ2n) is 13.5. The van der Waals surface area contributed by atoms with Crippen molar-refractivity contribution in [2.45, 2.75) is 65.1 Å². The Balaban J connectivity index is 0.000000164. The van der Waals surface area contributed by atoms with Crippen LogP contribution in [0, 0.1) is 0 Å². The summed E-state index contributed by atoms with van der Waals surface area (Å²) in [6.07, 6.45) is 3.88. The summed E-state index contributed by atoms with van der Waals surface area (Å²) in [5.74, 6) is -1.28. The fraction of sp³-hybridized carbons (Fsp3) is 0.333. The third-order valence-electron chi connectivity index (χ3n) is 9.71. The maximum atomic E-state index is 11.7. The van der Waals surface area contributed by atoms with Crippen LogP contribution >= 0.6 is 76.1 Å². The molecule has 0 radical (unpaired) electrons. The summed E-state index contributed by atoms with van der Waals surface area (Å²) in [6.45, 7) is 10.9. The fourth-order valence-electron chi connectivity index (χ4n) is 6.83. The maximum Gasteiger partial charge on any atom is 0.399 e. The summed E-state index contributed by atoms with van der Waals surface area (Å²) in [4.78, 5) is 39.6. The number of carbonyl (C=O) groups excluding carboxylic acids is 3. The third kappa shape index (κ3) is 11.8. The van der Waals surface area contributed by atoms with E-state index < -0.39 is 17.6 Å². The Hall–Kier alpha value is -2.87. The van der Waals surface area contributed by atoms with Crippen LogP contribution in [-0.4, -0.2) is 54.6 Å². The van der Waals surface area contributed by atoms with Gasteiger partial charge < -0.3 is 15.4 Å². The van der Waals surface area contributed by atoms with Crippen molar-refractivity contribution in [3.63, 3.8) is 0 Å². The minimum Gasteiger partial charge on any atom is -0.428 e. The van der Waals surface area contributed by atoms with Gasteiger partial charge in [0, 0.05) is 61.8 Å². The van der Waals surface area contributed by atoms with E-state index in [-0.39, 0.29) is 18.3 Å². The number of carbonyl (C=O) groups is 3. The zero-order chi connectivity index (χ0) is 39.0. The van der Waals surface area contributed by atoms with Gasteiger partial charge in [-0.05, 0) is 135 Å². The van der Waals surface area contributed by atoms with Gasteiger partial charge in [0.05, 0.1) is 0 Å². The number of amides is 2. The van der Waals surface area contributed by atoms with E-state index in [4.69, 9.17) is 4.74 Å². The van der Waals surface area contributed by atoms with Crippen molar-refractivity contribution in [2.24, 2.45) is 4.99 Å². The number of nitrogens with zero attached hydrogens (tertiary/aromatic N) is 2. The molecular weight excluding hydrogens is 980 g/mol. The number of aliphatic imine (C=N–C) groups is 1. The van der Waals surface area contributed by atoms with E-state index in [1.54, 1.807) is 6.92 Å². The van der Waals surface area contributed by atoms with E-state index in [1.807, 2.05) is 42.5 Å². The Kier molecular flexibility index (Phi) is 16.7. The lowest BCUT2D eigenvalue weighted by Gasteiger charge is -2.38. The van der Waals surface area contributed by atoms with Crippen LogP contribution in [0.4, 0.5) is 0 Å². The van der Waals surface area contributed by atoms with E-state index in [0.717, 1.165) is 69.0 Å². The smallest absolute Gasteiger partial charge is 0.399 e. The molecule has 4 aliphatic heterocycles. The molecule has 8 rings (SSSR count). The van der Waals surface area contributed by atoms with Crippen molar-refractivity contribution < 1.29 is 19.1 Å². The number of hydrogen-bond donors (Lipinski definition) is 2. The summed E-state index contributed by atoms with van der Waals surface area (Å²) in [5, 5.41) is 6.20. The van der Waals surface area contributed by atoms with Gasteiger partial charge in [0.25, 0.3) is 0 Å². The van der Waals surface area contributed by atoms with Crippen molar-refractivity contribution in [3.05, 3.63) is 136 Å². The van der Waals surface area contributed by atoms with E-state index in [0.29, 0.717) is 19.1 Å². The average molecular weight is 1020 g/mol. The molecule has 0 aliphatic carbocycles. The molecule has 4 aromatic carbocycles. The Morgan fingerprint density at radius 2 is 1.49 bits per heavy atom. The van der Waals surface area contributed by atoms with Gasteiger partial charge in [0.2, 0.25) is 11.6 Å². The molecule has 2 amide bonds. The monoisotopic (exact) mass is 1020 g/mol. The molecule has 55 heavy (non-hydrogen) atoms. The topological polar surface area (TPSA) is 100 Å². The van der Waals surface area contributed by atoms with Crippen LogP contribution in [0.2, 0.25) is 0 Å². The van der Waals surface area contributed by atoms with Gasteiger partial charge in [-0.15, -0.1) is 12.4 Å². The second-order valence-corrected chi connectivity index (χ2v) is 17.2. The SMILES string of the molecule is CC(=O)NCCc1ccc(Br)cc1.CC12OC(=O)C(=O)N1CCc1ccc(Br)cc12.CC1=NCCc2ccc(Br)cc21.CC1NCCc2ccc(Br)cc21.Cl. The first-order valence-corrected chi connectivity index (χ1v) is 21.1. The summed E-state index contributed by atoms with van der Waals surface area (Å²) >= 11 is 13.7. The molecule has 2 N–H and O–H groups in total. The van der Waals surface area contributed by atoms with Gasteiger partial charge in [-0.25, -0.2) is 4.79 Å². The lowest BCUT2D eigenvalue weighted by Crippen LogP contribution is -2.46. The number of benzene rings is 4. The van der Waals surface area contributed by atoms with Crippen LogP contribution in [0.25, 0.3) is 0 Å². The molecule has 1 saturated heterocycles. The quantitative estimate of drug-likeness (QED) is 0.157. The van der Waals surface area contributed by atoms with Crippen molar-refractivity contribution in [1.82, 2.24) is 15.5 Å². The molecule has 2 atom stereocenters. The predicted molar refractivity (Wildman–Crippen MR) is 236 cm³/mol. The first kappa shape index (κ1) is 44.8. The normalized spacial score (nSPS) is 18.7. The minimum atomic E-state index is -0.939. The summed E-state index contributed by atoms with van der Waals surface area (Å²) < 4.78 is 9.57. The van der Waals surface area contributed by atoms with Gasteiger partial charge in [0.15, 0.2) is 0 Å². The standard InChI is InChI=1S/C12H10BrNO3.C10H12BrNO.C10H12BrN.C10H10BrN.ClH/c1-12-9-6-8(13)3-2-7(9)4-5-14(12)10(15)11(16)17-12;1-8(13)12-7-6-9-2-4-10(11)5-3-9;2*1-7-10-6-9(11)3-2-8(10)4-5-12-7;/h2-3,6H,4-5H2,1H3;2-5H,6-7H2,1H3,(H,12,13);2-3,6-7,12H,4-5H2,1H3;2-3,6H,4-5H2,1H3;1H. The molecule has 8 nitrogen and oxygen atoms in total. The minimum absolute atomic E-state index is 0. The molecule has 4 aromatic rings. The first-order chi connectivity index (χ1) is 25.7. The van der Waals surface area contributed by atoms with Crippen molar-refractivity contribution in [2.75, 3.05) is 26.2 Å². The summed E-state index contributed by atoms with van der Waals surface area (Å²) in [5.41, 5.74) is 9.12. The molecule has 1 fully saturated rings. The zero-order valence-corrected chi connectivity index (χ0v) is 38.3. The van der Waals surface area contributed by atoms with Crippen LogP contribution in [0.15, 0.2) is 102 Å². The average Bonchev–Trinajstić information content (AvgIpc) is 3.38. The first-order valence-electron chi connectivity index (χ1n) is 17.9. The van der Waals surface area contributed by atoms with E-state index in [1.165, 1.54) is 44.1 Å². The zero-order valence-electron chi connectivity index (χ0n) is 31.2. The second kappa shape index (κ2) is 20.5. The Bertz CT molecular complexity index is 2040. The van der Waals surface area contributed by atoms with E-state index in [2.05, 4.69) is 130 Å². The van der Waals surface area contributed by atoms with Crippen molar-refractivity contribution in [1.29, 1.82) is 0 Å². The molecular formula is C42H45Br4ClN4O4. The summed E-state index contributed by atoms with van der Waals surface area (Å²) in [6, 6.07) is 27.4. The van der Waals surface area contributed by atoms with E-state index >= 15 is 0 Å². The predicted octanol–water partition coefficient (Wildman–Crippen LogP) is 9.58. The molecule has 2 unspecified atom stereocenters. The lowest BCUT2D eigenvalue weighted by molar-refractivity contribution is -0.154. The van der Waals surface area contributed by atoms with Crippen LogP contribution in [-0.2, 0) is 50.5 Å². The van der Waals surface area contributed by atoms with Gasteiger partial charge in [-0.1, -0.05) is 94.1 Å². The number of hydrogen-bond acceptors (Lipinski definition) is 6. The number of halogens is 5. The number of rotatable bonds is 3. The molecule has 0 aromatic heterocycles. The van der Waals surface area contributed by atoms with Gasteiger partial charge >= 0.3 is 11.9 Å². The van der Waals surface area contributed by atoms with Gasteiger partial charge in [-0.2, -0.15) is 0 Å². The molecule has 13 heteroatoms. The largest absolute Gasteiger partial charge is 0.428 e. The van der Waals surface area contributed by atoms with Crippen LogP contribution in [0.5, 0.6) is 0 Å². The maximum absolute atomic E-state index is 11.7. The molecule has 4 heterocycles. The molecule has 0 saturated carbocycles. The van der Waals surface area contributed by atoms with Gasteiger partial charge in [-0.3, -0.25) is 19.5 Å². The molecule has 292 valence electrons. The van der Waals surface area contributed by atoms with Crippen molar-refractivity contribution >= 4 is 99.6 Å². The third-order valence-corrected chi connectivity index (χ3v) is 11.7. The number of fused-ring (bicyclic) bond motifs is 5. The Labute approximate surface area is 363 Å². The highest BCUT2D eigenvalue weighted by Crippen LogP contribution is 2.41. The summed E-state index contributed by atoms with van der Waals surface area (Å²) in [7, 11) is 0. The number of ether oxygens (including phenoxy) is 1. The highest BCUT2D eigenvalue weighted by atomic mass is 79.9. The van der Waals surface area contributed by atoms with Crippen LogP contribution in [0.3, 0.4) is 0 Å². The Morgan fingerprint density at radius 3 is 2.18 bits per heavy atom. The van der Waals surface area contributed by atoms with Crippen molar-refractivity contribution in [3.8, 4) is 0 Å². The van der Waals surface area contributed by atoms with Crippen LogP contribution < -0.4 is 10.6 Å². The van der Waals surface area contributed by atoms with E-state index in [9.17, 15) is 14.4 Å². The Morgan fingerprint density at radius 1 is 0.873 bits per heavy atom. The highest BCUT2D eigenvalue weighted by Gasteiger charge is 2.53. The molecule has 0 spiro atoms. The highest BCUT2D eigenvalue weighted by molar-refractivity contribution is 9.11. The lowest BCUT2D eigenvalue weighted by atomic mass is 9.91. The molecule has 0 bridgehead atoms. The number of esters is 1.